The van der Waals surface area contributed by atoms with E-state index >= 15 is 0 Å². The zero-order chi connectivity index (χ0) is 11.2. The van der Waals surface area contributed by atoms with E-state index in [4.69, 9.17) is 0 Å². The Balaban J connectivity index is 3.03. The van der Waals surface area contributed by atoms with E-state index in [-0.39, 0.29) is 0 Å². The Bertz CT molecular complexity index is 233. The second kappa shape index (κ2) is 3.29. The maximum atomic E-state index is 12.0. The molecule has 0 aromatic rings. The van der Waals surface area contributed by atoms with E-state index in [1.807, 2.05) is 27.7 Å². The van der Waals surface area contributed by atoms with E-state index in [2.05, 4.69) is 15.9 Å². The largest absolute Gasteiger partial charge is 0.302 e. The van der Waals surface area contributed by atoms with Crippen LogP contribution in [0.15, 0.2) is 0 Å². The number of hydroxylamine groups is 2. The number of rotatable bonds is 1. The van der Waals surface area contributed by atoms with Crippen LogP contribution in [-0.2, 0) is 10.0 Å². The first-order chi connectivity index (χ1) is 6.13. The van der Waals surface area contributed by atoms with Crippen LogP contribution in [-0.4, -0.2) is 26.8 Å². The Morgan fingerprint density at radius 1 is 1.14 bits per heavy atom. The van der Waals surface area contributed by atoms with Gasteiger partial charge in [-0.3, -0.25) is 0 Å². The summed E-state index contributed by atoms with van der Waals surface area (Å²) in [6.45, 7) is 7.50. The zero-order valence-corrected chi connectivity index (χ0v) is 10.7. The van der Waals surface area contributed by atoms with Crippen LogP contribution in [0.3, 0.4) is 0 Å². The molecule has 1 fully saturated rings. The van der Waals surface area contributed by atoms with E-state index in [0.29, 0.717) is 12.8 Å². The molecule has 0 aromatic heterocycles. The standard InChI is InChI=1S/C10H17BrNO2/c1-8(2)5-10(11,7-13)6-9(3,4)12(8)14/h7H,5-6H2,1-4H3. The highest BCUT2D eigenvalue weighted by Gasteiger charge is 2.52. The number of nitrogens with zero attached hydrogens (tertiary/aromatic N) is 1. The number of carbonyl (C=O) groups is 1. The van der Waals surface area contributed by atoms with Gasteiger partial charge in [0, 0.05) is 11.1 Å². The van der Waals surface area contributed by atoms with Crippen LogP contribution in [0.25, 0.3) is 0 Å². The molecule has 0 aromatic carbocycles. The van der Waals surface area contributed by atoms with Crippen molar-refractivity contribution in [3.8, 4) is 0 Å². The second-order valence-corrected chi connectivity index (χ2v) is 7.00. The van der Waals surface area contributed by atoms with Crippen LogP contribution in [0.5, 0.6) is 0 Å². The van der Waals surface area contributed by atoms with Crippen LogP contribution in [0.2, 0.25) is 0 Å². The summed E-state index contributed by atoms with van der Waals surface area (Å²) in [6, 6.07) is 0. The van der Waals surface area contributed by atoms with Gasteiger partial charge in [0.25, 0.3) is 0 Å². The minimum atomic E-state index is -0.541. The highest BCUT2D eigenvalue weighted by atomic mass is 79.9. The molecule has 0 N–H and O–H groups in total. The summed E-state index contributed by atoms with van der Waals surface area (Å²) in [5, 5.41) is 13.1. The lowest BCUT2D eigenvalue weighted by Gasteiger charge is -2.51. The smallest absolute Gasteiger partial charge is 0.136 e. The number of hydrogen-bond acceptors (Lipinski definition) is 2. The molecular formula is C10H17BrNO2. The Morgan fingerprint density at radius 3 is 1.79 bits per heavy atom. The van der Waals surface area contributed by atoms with Gasteiger partial charge in [-0.1, -0.05) is 15.9 Å². The van der Waals surface area contributed by atoms with E-state index < -0.39 is 15.4 Å². The minimum absolute atomic E-state index is 0.494. The van der Waals surface area contributed by atoms with Crippen LogP contribution < -0.4 is 0 Å². The molecule has 0 atom stereocenters. The van der Waals surface area contributed by atoms with Crippen molar-refractivity contribution in [1.82, 2.24) is 5.06 Å². The predicted molar refractivity (Wildman–Crippen MR) is 57.6 cm³/mol. The molecule has 1 aliphatic heterocycles. The summed E-state index contributed by atoms with van der Waals surface area (Å²) in [4.78, 5) is 11.0. The molecule has 1 aliphatic rings. The molecule has 1 radical (unpaired) electrons. The molecule has 0 saturated carbocycles. The van der Waals surface area contributed by atoms with Gasteiger partial charge in [-0.2, -0.15) is 0 Å². The van der Waals surface area contributed by atoms with Crippen molar-refractivity contribution in [2.24, 2.45) is 0 Å². The fraction of sp³-hybridized carbons (Fsp3) is 0.900. The molecule has 1 saturated heterocycles. The first kappa shape index (κ1) is 12.1. The molecule has 81 valence electrons. The maximum absolute atomic E-state index is 12.0. The lowest BCUT2D eigenvalue weighted by atomic mass is 9.76. The van der Waals surface area contributed by atoms with E-state index in [9.17, 15) is 10.0 Å². The average molecular weight is 263 g/mol. The van der Waals surface area contributed by atoms with E-state index in [1.165, 1.54) is 0 Å². The predicted octanol–water partition coefficient (Wildman–Crippen LogP) is 2.32. The molecule has 1 heterocycles. The van der Waals surface area contributed by atoms with Crippen LogP contribution in [0.1, 0.15) is 40.5 Å². The van der Waals surface area contributed by atoms with Crippen molar-refractivity contribution in [3.63, 3.8) is 0 Å². The van der Waals surface area contributed by atoms with Gasteiger partial charge in [0.05, 0.1) is 4.32 Å². The van der Waals surface area contributed by atoms with Gasteiger partial charge in [0.15, 0.2) is 0 Å². The second-order valence-electron chi connectivity index (χ2n) is 5.43. The van der Waals surface area contributed by atoms with Gasteiger partial charge in [0.1, 0.15) is 6.29 Å². The zero-order valence-electron chi connectivity index (χ0n) is 9.13. The number of piperidine rings is 1. The molecule has 0 unspecified atom stereocenters. The highest BCUT2D eigenvalue weighted by Crippen LogP contribution is 2.45. The topological polar surface area (TPSA) is 40.2 Å². The molecular weight excluding hydrogens is 246 g/mol. The van der Waals surface area contributed by atoms with Gasteiger partial charge in [-0.25, -0.2) is 0 Å². The molecule has 0 amide bonds. The number of alkyl halides is 1. The summed E-state index contributed by atoms with van der Waals surface area (Å²) < 4.78 is -0.541. The Labute approximate surface area is 93.6 Å². The summed E-state index contributed by atoms with van der Waals surface area (Å²) in [5.41, 5.74) is -0.988. The molecule has 0 spiro atoms. The van der Waals surface area contributed by atoms with Crippen LogP contribution in [0, 0.1) is 0 Å². The maximum Gasteiger partial charge on any atom is 0.136 e. The van der Waals surface area contributed by atoms with Crippen molar-refractivity contribution in [1.29, 1.82) is 0 Å². The third-order valence-corrected chi connectivity index (χ3v) is 3.51. The molecule has 0 bridgehead atoms. The summed E-state index contributed by atoms with van der Waals surface area (Å²) in [7, 11) is 0. The van der Waals surface area contributed by atoms with Gasteiger partial charge in [-0.05, 0) is 40.5 Å². The van der Waals surface area contributed by atoms with Crippen LogP contribution >= 0.6 is 15.9 Å². The Hall–Kier alpha value is 0.0700. The fourth-order valence-electron chi connectivity index (χ4n) is 2.55. The minimum Gasteiger partial charge on any atom is -0.302 e. The van der Waals surface area contributed by atoms with E-state index in [1.54, 1.807) is 0 Å². The lowest BCUT2D eigenvalue weighted by molar-refractivity contribution is -0.288. The Morgan fingerprint density at radius 2 is 1.50 bits per heavy atom. The van der Waals surface area contributed by atoms with E-state index in [0.717, 1.165) is 11.3 Å². The average Bonchev–Trinajstić information content (AvgIpc) is 1.99. The quantitative estimate of drug-likeness (QED) is 0.538. The van der Waals surface area contributed by atoms with Gasteiger partial charge in [-0.15, -0.1) is 10.3 Å². The summed E-state index contributed by atoms with van der Waals surface area (Å²) in [5.74, 6) is 0. The molecule has 1 rings (SSSR count). The van der Waals surface area contributed by atoms with Crippen molar-refractivity contribution >= 4 is 22.2 Å². The monoisotopic (exact) mass is 262 g/mol. The fourth-order valence-corrected chi connectivity index (χ4v) is 3.92. The van der Waals surface area contributed by atoms with Crippen molar-refractivity contribution in [3.05, 3.63) is 0 Å². The van der Waals surface area contributed by atoms with Gasteiger partial charge in [0.2, 0.25) is 0 Å². The molecule has 14 heavy (non-hydrogen) atoms. The third-order valence-electron chi connectivity index (χ3n) is 2.76. The molecule has 3 nitrogen and oxygen atoms in total. The van der Waals surface area contributed by atoms with Gasteiger partial charge >= 0.3 is 0 Å². The number of aldehydes is 1. The number of halogens is 1. The normalized spacial score (nSPS) is 29.9. The van der Waals surface area contributed by atoms with Crippen molar-refractivity contribution < 1.29 is 10.0 Å². The van der Waals surface area contributed by atoms with Crippen LogP contribution in [0.4, 0.5) is 0 Å². The number of carbonyl (C=O) groups excluding carboxylic acids is 1. The summed E-state index contributed by atoms with van der Waals surface area (Å²) >= 11 is 3.44. The van der Waals surface area contributed by atoms with Crippen molar-refractivity contribution in [2.75, 3.05) is 0 Å². The SMILES string of the molecule is CC1(C)CC(Br)(C=O)CC(C)(C)N1[O]. The molecule has 4 heteroatoms. The first-order valence-corrected chi connectivity index (χ1v) is 5.55. The first-order valence-electron chi connectivity index (χ1n) is 4.76. The molecule has 0 aliphatic carbocycles. The third kappa shape index (κ3) is 2.02. The highest BCUT2D eigenvalue weighted by molar-refractivity contribution is 9.10. The summed E-state index contributed by atoms with van der Waals surface area (Å²) in [6.07, 6.45) is 2.02. The van der Waals surface area contributed by atoms with Crippen molar-refractivity contribution in [2.45, 2.75) is 55.9 Å². The van der Waals surface area contributed by atoms with Gasteiger partial charge < -0.3 is 4.79 Å². The lowest BCUT2D eigenvalue weighted by Crippen LogP contribution is -2.62. The Kier molecular flexibility index (Phi) is 2.85. The number of hydrogen-bond donors (Lipinski definition) is 0.